The molecule has 0 aliphatic carbocycles. The average Bonchev–Trinajstić information content (AvgIpc) is 3.07. The number of aryl methyl sites for hydroxylation is 2. The molecule has 0 spiro atoms. The molecule has 148 valence electrons. The zero-order chi connectivity index (χ0) is 20.5. The van der Waals surface area contributed by atoms with Crippen LogP contribution in [0, 0.1) is 6.92 Å². The zero-order valence-corrected chi connectivity index (χ0v) is 18.0. The van der Waals surface area contributed by atoms with Gasteiger partial charge < -0.3 is 0 Å². The van der Waals surface area contributed by atoms with Crippen molar-refractivity contribution in [3.8, 4) is 0 Å². The number of thiophene rings is 1. The predicted molar refractivity (Wildman–Crippen MR) is 112 cm³/mol. The van der Waals surface area contributed by atoms with E-state index in [0.717, 1.165) is 16.9 Å². The van der Waals surface area contributed by atoms with Crippen LogP contribution in [-0.2, 0) is 27.8 Å². The molecule has 1 amide bonds. The Morgan fingerprint density at radius 3 is 2.57 bits per heavy atom. The lowest BCUT2D eigenvalue weighted by molar-refractivity contribution is -0.120. The number of sulfonamides is 1. The number of nitrogens with one attached hydrogen (secondary N) is 1. The lowest BCUT2D eigenvalue weighted by Crippen LogP contribution is -2.36. The second kappa shape index (κ2) is 8.06. The summed E-state index contributed by atoms with van der Waals surface area (Å²) in [4.78, 5) is 31.3. The molecule has 3 aromatic rings. The smallest absolute Gasteiger partial charge is 0.264 e. The van der Waals surface area contributed by atoms with Crippen LogP contribution in [0.2, 0.25) is 0 Å². The van der Waals surface area contributed by atoms with Crippen LogP contribution in [0.3, 0.4) is 0 Å². The third-order valence-corrected chi connectivity index (χ3v) is 7.32. The van der Waals surface area contributed by atoms with Gasteiger partial charge in [0, 0.05) is 4.88 Å². The maximum absolute atomic E-state index is 12.8. The summed E-state index contributed by atoms with van der Waals surface area (Å²) in [5.74, 6) is -0.801. The highest BCUT2D eigenvalue weighted by atomic mass is 32.2. The molecule has 0 fully saturated rings. The van der Waals surface area contributed by atoms with Crippen molar-refractivity contribution in [1.29, 1.82) is 0 Å². The Morgan fingerprint density at radius 1 is 1.29 bits per heavy atom. The van der Waals surface area contributed by atoms with Gasteiger partial charge in [0.2, 0.25) is 0 Å². The number of aromatic nitrogens is 2. The number of carbonyl (C=O) groups excluding carboxylic acids is 1. The summed E-state index contributed by atoms with van der Waals surface area (Å²) in [6.45, 7) is 3.39. The summed E-state index contributed by atoms with van der Waals surface area (Å²) >= 11 is 2.67. The number of fused-ring (bicyclic) bond motifs is 1. The Bertz CT molecular complexity index is 1200. The zero-order valence-electron chi connectivity index (χ0n) is 15.6. The van der Waals surface area contributed by atoms with Gasteiger partial charge in [-0.2, -0.15) is 0 Å². The Morgan fingerprint density at radius 2 is 1.96 bits per heavy atom. The normalized spacial score (nSPS) is 11.7. The lowest BCUT2D eigenvalue weighted by atomic mass is 10.2. The van der Waals surface area contributed by atoms with Crippen LogP contribution in [0.1, 0.15) is 17.4 Å². The Balaban J connectivity index is 1.91. The molecule has 1 aromatic carbocycles. The highest BCUT2D eigenvalue weighted by Gasteiger charge is 2.20. The quantitative estimate of drug-likeness (QED) is 0.470. The molecule has 10 heteroatoms. The van der Waals surface area contributed by atoms with Gasteiger partial charge in [-0.05, 0) is 37.8 Å². The molecular formula is C18H19N3O4S3. The third kappa shape index (κ3) is 4.13. The van der Waals surface area contributed by atoms with Gasteiger partial charge in [0.1, 0.15) is 11.4 Å². The maximum atomic E-state index is 12.8. The molecule has 3 rings (SSSR count). The van der Waals surface area contributed by atoms with Crippen molar-refractivity contribution in [3.05, 3.63) is 51.1 Å². The number of thioether (sulfide) groups is 1. The van der Waals surface area contributed by atoms with E-state index < -0.39 is 22.5 Å². The summed E-state index contributed by atoms with van der Waals surface area (Å²) in [6.07, 6.45) is 2.53. The van der Waals surface area contributed by atoms with E-state index in [9.17, 15) is 18.0 Å². The van der Waals surface area contributed by atoms with Crippen LogP contribution in [-0.4, -0.2) is 30.1 Å². The SMILES string of the molecule is CCc1cc2c(=O)n(CC(=O)NS(=O)(=O)c3ccc(C)cc3)c(SC)nc2s1. The van der Waals surface area contributed by atoms with E-state index in [1.807, 2.05) is 18.6 Å². The van der Waals surface area contributed by atoms with Crippen LogP contribution in [0.5, 0.6) is 0 Å². The Kier molecular flexibility index (Phi) is 5.92. The average molecular weight is 438 g/mol. The largest absolute Gasteiger partial charge is 0.277 e. The second-order valence-electron chi connectivity index (χ2n) is 6.12. The molecule has 1 N–H and O–H groups in total. The summed E-state index contributed by atoms with van der Waals surface area (Å²) in [5, 5.41) is 0.804. The van der Waals surface area contributed by atoms with E-state index >= 15 is 0 Å². The monoisotopic (exact) mass is 437 g/mol. The van der Waals surface area contributed by atoms with Crippen molar-refractivity contribution >= 4 is 49.2 Å². The first-order valence-electron chi connectivity index (χ1n) is 8.44. The van der Waals surface area contributed by atoms with Gasteiger partial charge in [0.15, 0.2) is 5.16 Å². The maximum Gasteiger partial charge on any atom is 0.264 e. The van der Waals surface area contributed by atoms with Crippen molar-refractivity contribution in [1.82, 2.24) is 14.3 Å². The lowest BCUT2D eigenvalue weighted by Gasteiger charge is -2.11. The van der Waals surface area contributed by atoms with Gasteiger partial charge in [-0.1, -0.05) is 36.4 Å². The van der Waals surface area contributed by atoms with E-state index in [0.29, 0.717) is 15.4 Å². The first-order chi connectivity index (χ1) is 13.2. The van der Waals surface area contributed by atoms with Crippen molar-refractivity contribution in [2.24, 2.45) is 0 Å². The number of nitrogens with zero attached hydrogens (tertiary/aromatic N) is 2. The van der Waals surface area contributed by atoms with Gasteiger partial charge in [-0.25, -0.2) is 18.1 Å². The molecule has 0 saturated heterocycles. The Hall–Kier alpha value is -2.17. The van der Waals surface area contributed by atoms with Crippen LogP contribution in [0.15, 0.2) is 45.2 Å². The molecule has 0 bridgehead atoms. The first-order valence-corrected chi connectivity index (χ1v) is 12.0. The van der Waals surface area contributed by atoms with E-state index in [1.54, 1.807) is 24.5 Å². The summed E-state index contributed by atoms with van der Waals surface area (Å²) < 4.78 is 28.0. The summed E-state index contributed by atoms with van der Waals surface area (Å²) in [5.41, 5.74) is 0.552. The van der Waals surface area contributed by atoms with Crippen molar-refractivity contribution < 1.29 is 13.2 Å². The van der Waals surface area contributed by atoms with Gasteiger partial charge in [0.05, 0.1) is 10.3 Å². The molecule has 2 heterocycles. The van der Waals surface area contributed by atoms with Crippen molar-refractivity contribution in [3.63, 3.8) is 0 Å². The van der Waals surface area contributed by atoms with Crippen LogP contribution < -0.4 is 10.3 Å². The number of hydrogen-bond donors (Lipinski definition) is 1. The fourth-order valence-electron chi connectivity index (χ4n) is 2.62. The van der Waals surface area contributed by atoms with Crippen LogP contribution >= 0.6 is 23.1 Å². The predicted octanol–water partition coefficient (Wildman–Crippen LogP) is 2.56. The molecule has 0 aliphatic heterocycles. The minimum atomic E-state index is -4.01. The number of carbonyl (C=O) groups is 1. The molecule has 7 nitrogen and oxygen atoms in total. The van der Waals surface area contributed by atoms with Crippen LogP contribution in [0.4, 0.5) is 0 Å². The summed E-state index contributed by atoms with van der Waals surface area (Å²) in [7, 11) is -4.01. The van der Waals surface area contributed by atoms with Crippen molar-refractivity contribution in [2.75, 3.05) is 6.26 Å². The molecule has 0 saturated carbocycles. The van der Waals surface area contributed by atoms with E-state index in [-0.39, 0.29) is 10.5 Å². The molecule has 0 radical (unpaired) electrons. The topological polar surface area (TPSA) is 98.1 Å². The van der Waals surface area contributed by atoms with Gasteiger partial charge in [-0.15, -0.1) is 11.3 Å². The number of amides is 1. The first kappa shape index (κ1) is 20.6. The third-order valence-electron chi connectivity index (χ3n) is 4.08. The van der Waals surface area contributed by atoms with E-state index in [1.165, 1.54) is 39.8 Å². The highest BCUT2D eigenvalue weighted by molar-refractivity contribution is 7.98. The second-order valence-corrected chi connectivity index (χ2v) is 9.69. The van der Waals surface area contributed by atoms with Gasteiger partial charge >= 0.3 is 0 Å². The molecule has 0 atom stereocenters. The fourth-order valence-corrected chi connectivity index (χ4v) is 5.16. The number of benzene rings is 1. The molecule has 0 unspecified atom stereocenters. The van der Waals surface area contributed by atoms with Gasteiger partial charge in [0.25, 0.3) is 21.5 Å². The minimum absolute atomic E-state index is 0.0112. The molecule has 28 heavy (non-hydrogen) atoms. The van der Waals surface area contributed by atoms with E-state index in [4.69, 9.17) is 0 Å². The number of rotatable bonds is 6. The Labute approximate surface area is 170 Å². The van der Waals surface area contributed by atoms with Crippen LogP contribution in [0.25, 0.3) is 10.2 Å². The molecule has 0 aliphatic rings. The highest BCUT2D eigenvalue weighted by Crippen LogP contribution is 2.24. The minimum Gasteiger partial charge on any atom is -0.277 e. The molecule has 2 aromatic heterocycles. The van der Waals surface area contributed by atoms with E-state index in [2.05, 4.69) is 4.98 Å². The van der Waals surface area contributed by atoms with Gasteiger partial charge in [-0.3, -0.25) is 14.2 Å². The molecular weight excluding hydrogens is 418 g/mol. The number of hydrogen-bond acceptors (Lipinski definition) is 7. The standard InChI is InChI=1S/C18H19N3O4S3/c1-4-12-9-14-16(27-12)19-18(26-3)21(17(14)23)10-15(22)20-28(24,25)13-7-5-11(2)6-8-13/h5-9H,4,10H2,1-3H3,(H,20,22). The fraction of sp³-hybridized carbons (Fsp3) is 0.278. The van der Waals surface area contributed by atoms with Crippen molar-refractivity contribution in [2.45, 2.75) is 36.9 Å². The summed E-state index contributed by atoms with van der Waals surface area (Å²) in [6, 6.07) is 7.92.